The Labute approximate surface area is 121 Å². The molecule has 2 aliphatic rings. The summed E-state index contributed by atoms with van der Waals surface area (Å²) in [6, 6.07) is 0.532. The molecule has 1 aliphatic heterocycles. The maximum atomic E-state index is 6.31. The van der Waals surface area contributed by atoms with Crippen LogP contribution in [0, 0.1) is 0 Å². The summed E-state index contributed by atoms with van der Waals surface area (Å²) >= 11 is 0. The van der Waals surface area contributed by atoms with E-state index >= 15 is 0 Å². The van der Waals surface area contributed by atoms with Gasteiger partial charge in [0, 0.05) is 19.1 Å². The van der Waals surface area contributed by atoms with Gasteiger partial charge in [0.15, 0.2) is 11.6 Å². The van der Waals surface area contributed by atoms with Gasteiger partial charge in [-0.25, -0.2) is 9.97 Å². The summed E-state index contributed by atoms with van der Waals surface area (Å²) in [6.45, 7) is 2.12. The Kier molecular flexibility index (Phi) is 4.23. The number of hydrogen-bond donors (Lipinski definition) is 2. The molecule has 0 bridgehead atoms. The van der Waals surface area contributed by atoms with Crippen LogP contribution in [-0.2, 0) is 0 Å². The molecular weight excluding hydrogens is 250 g/mol. The smallest absolute Gasteiger partial charge is 0.157 e. The van der Waals surface area contributed by atoms with Gasteiger partial charge in [0.2, 0.25) is 0 Å². The number of nitrogens with two attached hydrogens (primary N) is 1. The van der Waals surface area contributed by atoms with Crippen LogP contribution < -0.4 is 16.0 Å². The van der Waals surface area contributed by atoms with E-state index in [-0.39, 0.29) is 0 Å². The molecular formula is C15H25N5. The van der Waals surface area contributed by atoms with Crippen LogP contribution >= 0.6 is 0 Å². The van der Waals surface area contributed by atoms with Crippen LogP contribution in [0.2, 0.25) is 0 Å². The molecule has 3 N–H and O–H groups in total. The number of nitrogens with zero attached hydrogens (tertiary/aromatic N) is 3. The van der Waals surface area contributed by atoms with Crippen molar-refractivity contribution < 1.29 is 0 Å². The molecule has 0 unspecified atom stereocenters. The first kappa shape index (κ1) is 13.5. The SMILES string of the molecule is Nc1c(NC2CCCC2)ncnc1N1CCCCCC1. The lowest BCUT2D eigenvalue weighted by Gasteiger charge is -2.24. The molecule has 1 saturated carbocycles. The summed E-state index contributed by atoms with van der Waals surface area (Å²) in [7, 11) is 0. The third kappa shape index (κ3) is 2.97. The van der Waals surface area contributed by atoms with Gasteiger partial charge in [0.1, 0.15) is 12.0 Å². The van der Waals surface area contributed by atoms with Crippen molar-refractivity contribution in [3.8, 4) is 0 Å². The Balaban J connectivity index is 1.76. The predicted molar refractivity (Wildman–Crippen MR) is 83.0 cm³/mol. The fraction of sp³-hybridized carbons (Fsp3) is 0.733. The summed E-state index contributed by atoms with van der Waals surface area (Å²) in [5, 5.41) is 3.50. The van der Waals surface area contributed by atoms with E-state index < -0.39 is 0 Å². The summed E-state index contributed by atoms with van der Waals surface area (Å²) < 4.78 is 0. The molecule has 1 saturated heterocycles. The van der Waals surface area contributed by atoms with Gasteiger partial charge in [-0.05, 0) is 25.7 Å². The third-order valence-electron chi connectivity index (χ3n) is 4.46. The summed E-state index contributed by atoms with van der Waals surface area (Å²) in [5.74, 6) is 1.74. The van der Waals surface area contributed by atoms with Crippen molar-refractivity contribution in [3.05, 3.63) is 6.33 Å². The average molecular weight is 275 g/mol. The second kappa shape index (κ2) is 6.29. The van der Waals surface area contributed by atoms with E-state index in [0.29, 0.717) is 6.04 Å². The van der Waals surface area contributed by atoms with Crippen molar-refractivity contribution in [2.45, 2.75) is 57.4 Å². The highest BCUT2D eigenvalue weighted by molar-refractivity contribution is 5.75. The lowest BCUT2D eigenvalue weighted by atomic mass is 10.2. The zero-order valence-electron chi connectivity index (χ0n) is 12.1. The number of nitrogen functional groups attached to an aromatic ring is 1. The van der Waals surface area contributed by atoms with Gasteiger partial charge in [-0.1, -0.05) is 25.7 Å². The van der Waals surface area contributed by atoms with Gasteiger partial charge in [-0.2, -0.15) is 0 Å². The Bertz CT molecular complexity index is 434. The van der Waals surface area contributed by atoms with Gasteiger partial charge in [0.05, 0.1) is 0 Å². The van der Waals surface area contributed by atoms with Crippen molar-refractivity contribution in [2.24, 2.45) is 0 Å². The fourth-order valence-electron chi connectivity index (χ4n) is 3.30. The molecule has 0 aromatic carbocycles. The molecule has 5 nitrogen and oxygen atoms in total. The molecule has 5 heteroatoms. The van der Waals surface area contributed by atoms with E-state index in [1.807, 2.05) is 0 Å². The summed E-state index contributed by atoms with van der Waals surface area (Å²) in [5.41, 5.74) is 7.04. The molecule has 0 atom stereocenters. The standard InChI is InChI=1S/C15H25N5/c16-13-14(19-12-7-3-4-8-12)17-11-18-15(13)20-9-5-1-2-6-10-20/h11-12H,1-10,16H2,(H,17,18,19). The van der Waals surface area contributed by atoms with Crippen LogP contribution in [-0.4, -0.2) is 29.1 Å². The zero-order chi connectivity index (χ0) is 13.8. The number of rotatable bonds is 3. The van der Waals surface area contributed by atoms with Crippen LogP contribution in [0.3, 0.4) is 0 Å². The van der Waals surface area contributed by atoms with E-state index in [2.05, 4.69) is 20.2 Å². The van der Waals surface area contributed by atoms with Gasteiger partial charge >= 0.3 is 0 Å². The van der Waals surface area contributed by atoms with Crippen LogP contribution in [0.15, 0.2) is 6.33 Å². The zero-order valence-corrected chi connectivity index (χ0v) is 12.1. The number of anilines is 3. The van der Waals surface area contributed by atoms with Gasteiger partial charge < -0.3 is 16.0 Å². The Morgan fingerprint density at radius 3 is 2.40 bits per heavy atom. The molecule has 0 amide bonds. The molecule has 20 heavy (non-hydrogen) atoms. The minimum atomic E-state index is 0.532. The molecule has 110 valence electrons. The van der Waals surface area contributed by atoms with Gasteiger partial charge in [-0.15, -0.1) is 0 Å². The maximum absolute atomic E-state index is 6.31. The molecule has 2 fully saturated rings. The minimum absolute atomic E-state index is 0.532. The average Bonchev–Trinajstić information content (AvgIpc) is 2.82. The Hall–Kier alpha value is -1.52. The first-order chi connectivity index (χ1) is 9.84. The van der Waals surface area contributed by atoms with Crippen LogP contribution in [0.1, 0.15) is 51.4 Å². The number of hydrogen-bond acceptors (Lipinski definition) is 5. The van der Waals surface area contributed by atoms with E-state index in [4.69, 9.17) is 5.73 Å². The van der Waals surface area contributed by atoms with Crippen molar-refractivity contribution in [2.75, 3.05) is 29.0 Å². The topological polar surface area (TPSA) is 67.1 Å². The second-order valence-corrected chi connectivity index (χ2v) is 5.99. The van der Waals surface area contributed by atoms with E-state index in [1.54, 1.807) is 6.33 Å². The fourth-order valence-corrected chi connectivity index (χ4v) is 3.30. The monoisotopic (exact) mass is 275 g/mol. The Morgan fingerprint density at radius 2 is 1.70 bits per heavy atom. The number of nitrogens with one attached hydrogen (secondary N) is 1. The van der Waals surface area contributed by atoms with Gasteiger partial charge in [-0.3, -0.25) is 0 Å². The highest BCUT2D eigenvalue weighted by Gasteiger charge is 2.20. The molecule has 3 rings (SSSR count). The highest BCUT2D eigenvalue weighted by Crippen LogP contribution is 2.30. The molecule has 1 aliphatic carbocycles. The molecule has 0 radical (unpaired) electrons. The molecule has 1 aromatic heterocycles. The molecule has 0 spiro atoms. The largest absolute Gasteiger partial charge is 0.393 e. The first-order valence-electron chi connectivity index (χ1n) is 7.96. The van der Waals surface area contributed by atoms with Crippen molar-refractivity contribution in [3.63, 3.8) is 0 Å². The number of aromatic nitrogens is 2. The summed E-state index contributed by atoms with van der Waals surface area (Å²) in [4.78, 5) is 11.1. The van der Waals surface area contributed by atoms with Crippen molar-refractivity contribution >= 4 is 17.3 Å². The Morgan fingerprint density at radius 1 is 1.00 bits per heavy atom. The van der Waals surface area contributed by atoms with Crippen LogP contribution in [0.5, 0.6) is 0 Å². The quantitative estimate of drug-likeness (QED) is 0.888. The summed E-state index contributed by atoms with van der Waals surface area (Å²) in [6.07, 6.45) is 11.8. The third-order valence-corrected chi connectivity index (χ3v) is 4.46. The van der Waals surface area contributed by atoms with Crippen LogP contribution in [0.4, 0.5) is 17.3 Å². The van der Waals surface area contributed by atoms with Crippen LogP contribution in [0.25, 0.3) is 0 Å². The van der Waals surface area contributed by atoms with E-state index in [9.17, 15) is 0 Å². The maximum Gasteiger partial charge on any atom is 0.157 e. The van der Waals surface area contributed by atoms with E-state index in [1.165, 1.54) is 51.4 Å². The molecule has 1 aromatic rings. The van der Waals surface area contributed by atoms with Gasteiger partial charge in [0.25, 0.3) is 0 Å². The molecule has 2 heterocycles. The first-order valence-corrected chi connectivity index (χ1v) is 7.96. The lowest BCUT2D eigenvalue weighted by Crippen LogP contribution is -2.27. The second-order valence-electron chi connectivity index (χ2n) is 5.99. The predicted octanol–water partition coefficient (Wildman–Crippen LogP) is 2.79. The van der Waals surface area contributed by atoms with Crippen molar-refractivity contribution in [1.82, 2.24) is 9.97 Å². The minimum Gasteiger partial charge on any atom is -0.393 e. The highest BCUT2D eigenvalue weighted by atomic mass is 15.2. The van der Waals surface area contributed by atoms with E-state index in [0.717, 1.165) is 30.4 Å². The normalized spacial score (nSPS) is 20.9. The van der Waals surface area contributed by atoms with Crippen molar-refractivity contribution in [1.29, 1.82) is 0 Å². The lowest BCUT2D eigenvalue weighted by molar-refractivity contribution is 0.726.